The van der Waals surface area contributed by atoms with Gasteiger partial charge in [0, 0.05) is 50.3 Å². The van der Waals surface area contributed by atoms with E-state index in [-0.39, 0.29) is 11.9 Å². The fourth-order valence-electron chi connectivity index (χ4n) is 6.24. The highest BCUT2D eigenvalue weighted by molar-refractivity contribution is 5.79. The van der Waals surface area contributed by atoms with Gasteiger partial charge in [-0.3, -0.25) is 9.48 Å². The molecule has 5 atom stereocenters. The van der Waals surface area contributed by atoms with Crippen molar-refractivity contribution in [1.29, 1.82) is 0 Å². The zero-order valence-corrected chi connectivity index (χ0v) is 17.0. The van der Waals surface area contributed by atoms with E-state index in [0.29, 0.717) is 23.8 Å². The van der Waals surface area contributed by atoms with Crippen molar-refractivity contribution in [3.05, 3.63) is 17.5 Å². The lowest BCUT2D eigenvalue weighted by Gasteiger charge is -2.61. The molecule has 3 aliphatic rings. The van der Waals surface area contributed by atoms with Crippen molar-refractivity contribution in [2.45, 2.75) is 65.0 Å². The van der Waals surface area contributed by atoms with Gasteiger partial charge < -0.3 is 10.2 Å². The van der Waals surface area contributed by atoms with Gasteiger partial charge in [0.2, 0.25) is 5.91 Å². The van der Waals surface area contributed by atoms with Crippen LogP contribution in [-0.4, -0.2) is 40.2 Å². The minimum atomic E-state index is 0.147. The summed E-state index contributed by atoms with van der Waals surface area (Å²) in [6.07, 6.45) is 8.16. The van der Waals surface area contributed by atoms with Gasteiger partial charge in [0.1, 0.15) is 0 Å². The molecule has 3 fully saturated rings. The van der Waals surface area contributed by atoms with Crippen LogP contribution in [0.1, 0.15) is 63.3 Å². The molecule has 144 valence electrons. The second-order valence-electron chi connectivity index (χ2n) is 9.48. The molecule has 5 heteroatoms. The molecular weight excluding hydrogens is 324 g/mol. The lowest BCUT2D eigenvalue weighted by molar-refractivity contribution is -0.127. The third kappa shape index (κ3) is 2.62. The number of fused-ring (bicyclic) bond motifs is 1. The van der Waals surface area contributed by atoms with Gasteiger partial charge in [0.15, 0.2) is 0 Å². The molecule has 2 heterocycles. The van der Waals surface area contributed by atoms with Gasteiger partial charge in [0.05, 0.1) is 12.2 Å². The molecule has 26 heavy (non-hydrogen) atoms. The number of hydrogen-bond donors (Lipinski definition) is 1. The third-order valence-electron chi connectivity index (χ3n) is 7.89. The summed E-state index contributed by atoms with van der Waals surface area (Å²) in [6, 6.07) is 0.749. The Morgan fingerprint density at radius 1 is 1.27 bits per heavy atom. The molecule has 2 aliphatic carbocycles. The molecule has 0 radical (unpaired) electrons. The van der Waals surface area contributed by atoms with Crippen LogP contribution in [0.4, 0.5) is 0 Å². The molecule has 1 N–H and O–H groups in total. The van der Waals surface area contributed by atoms with E-state index in [0.717, 1.165) is 24.1 Å². The average molecular weight is 359 g/mol. The smallest absolute Gasteiger partial charge is 0.223 e. The van der Waals surface area contributed by atoms with Crippen molar-refractivity contribution in [3.8, 4) is 0 Å². The SMILES string of the molecule is Cc1c([C@H]2[C@H](CN[C@@H]3[C@@H]4CCCC[C@@H]4C3(C)C)CC(=O)N2C)cnn1C. The highest BCUT2D eigenvalue weighted by Crippen LogP contribution is 2.57. The Bertz CT molecular complexity index is 694. The zero-order valence-electron chi connectivity index (χ0n) is 17.0. The molecule has 1 aromatic heterocycles. The van der Waals surface area contributed by atoms with Crippen molar-refractivity contribution in [3.63, 3.8) is 0 Å². The average Bonchev–Trinajstić information content (AvgIpc) is 3.07. The number of nitrogens with one attached hydrogen (secondary N) is 1. The Hall–Kier alpha value is -1.36. The van der Waals surface area contributed by atoms with Crippen LogP contribution >= 0.6 is 0 Å². The van der Waals surface area contributed by atoms with Crippen LogP contribution in [0.5, 0.6) is 0 Å². The monoisotopic (exact) mass is 358 g/mol. The van der Waals surface area contributed by atoms with Crippen LogP contribution < -0.4 is 5.32 Å². The summed E-state index contributed by atoms with van der Waals surface area (Å²) in [6.45, 7) is 7.90. The van der Waals surface area contributed by atoms with E-state index in [1.165, 1.54) is 31.2 Å². The second-order valence-corrected chi connectivity index (χ2v) is 9.48. The summed E-state index contributed by atoms with van der Waals surface area (Å²) < 4.78 is 1.91. The quantitative estimate of drug-likeness (QED) is 0.900. The summed E-state index contributed by atoms with van der Waals surface area (Å²) in [5, 5.41) is 8.32. The van der Waals surface area contributed by atoms with Crippen LogP contribution in [0.15, 0.2) is 6.20 Å². The number of carbonyl (C=O) groups excluding carboxylic acids is 1. The predicted octanol–water partition coefficient (Wildman–Crippen LogP) is 3.05. The minimum Gasteiger partial charge on any atom is -0.338 e. The summed E-state index contributed by atoms with van der Waals surface area (Å²) in [5.74, 6) is 2.31. The molecule has 0 spiro atoms. The topological polar surface area (TPSA) is 50.2 Å². The van der Waals surface area contributed by atoms with E-state index < -0.39 is 0 Å². The Balaban J connectivity index is 1.48. The molecule has 5 nitrogen and oxygen atoms in total. The Morgan fingerprint density at radius 3 is 2.69 bits per heavy atom. The molecule has 1 aliphatic heterocycles. The van der Waals surface area contributed by atoms with E-state index in [1.807, 2.05) is 29.9 Å². The standard InChI is InChI=1S/C21H34N4O/c1-13-16(12-23-25(13)5)19-14(10-18(26)24(19)4)11-22-20-15-8-6-7-9-17(15)21(20,2)3/h12,14-15,17,19-20,22H,6-11H2,1-5H3/t14-,15+,17-,19+,20+/m0/s1. The van der Waals surface area contributed by atoms with Crippen molar-refractivity contribution < 1.29 is 4.79 Å². The number of aryl methyl sites for hydroxylation is 1. The molecule has 0 aromatic carbocycles. The van der Waals surface area contributed by atoms with Gasteiger partial charge in [-0.1, -0.05) is 26.7 Å². The van der Waals surface area contributed by atoms with Crippen molar-refractivity contribution in [1.82, 2.24) is 20.0 Å². The first-order chi connectivity index (χ1) is 12.3. The van der Waals surface area contributed by atoms with Gasteiger partial charge in [-0.15, -0.1) is 0 Å². The van der Waals surface area contributed by atoms with E-state index in [4.69, 9.17) is 0 Å². The summed E-state index contributed by atoms with van der Waals surface area (Å²) >= 11 is 0. The van der Waals surface area contributed by atoms with Gasteiger partial charge >= 0.3 is 0 Å². The first-order valence-electron chi connectivity index (χ1n) is 10.3. The number of nitrogens with zero attached hydrogens (tertiary/aromatic N) is 3. The molecule has 2 saturated carbocycles. The number of likely N-dealkylation sites (tertiary alicyclic amines) is 1. The highest BCUT2D eigenvalue weighted by Gasteiger charge is 2.56. The first-order valence-corrected chi connectivity index (χ1v) is 10.3. The molecule has 0 bridgehead atoms. The van der Waals surface area contributed by atoms with E-state index in [2.05, 4.69) is 31.2 Å². The molecule has 4 rings (SSSR count). The molecule has 1 saturated heterocycles. The van der Waals surface area contributed by atoms with Gasteiger partial charge in [-0.2, -0.15) is 5.10 Å². The van der Waals surface area contributed by atoms with Crippen LogP contribution in [0.3, 0.4) is 0 Å². The Labute approximate surface area is 157 Å². The van der Waals surface area contributed by atoms with Gasteiger partial charge in [0.25, 0.3) is 0 Å². The lowest BCUT2D eigenvalue weighted by atomic mass is 9.47. The predicted molar refractivity (Wildman–Crippen MR) is 103 cm³/mol. The van der Waals surface area contributed by atoms with E-state index in [9.17, 15) is 4.79 Å². The maximum atomic E-state index is 12.4. The molecule has 1 aromatic rings. The van der Waals surface area contributed by atoms with E-state index in [1.54, 1.807) is 0 Å². The van der Waals surface area contributed by atoms with Gasteiger partial charge in [-0.25, -0.2) is 0 Å². The highest BCUT2D eigenvalue weighted by atomic mass is 16.2. The molecular formula is C21H34N4O. The lowest BCUT2D eigenvalue weighted by Crippen LogP contribution is -2.65. The van der Waals surface area contributed by atoms with Crippen molar-refractivity contribution >= 4 is 5.91 Å². The number of rotatable bonds is 4. The number of amides is 1. The van der Waals surface area contributed by atoms with Crippen molar-refractivity contribution in [2.75, 3.05) is 13.6 Å². The minimum absolute atomic E-state index is 0.147. The van der Waals surface area contributed by atoms with Crippen LogP contribution in [0.25, 0.3) is 0 Å². The van der Waals surface area contributed by atoms with Crippen LogP contribution in [0.2, 0.25) is 0 Å². The molecule has 0 unspecified atom stereocenters. The maximum absolute atomic E-state index is 12.4. The van der Waals surface area contributed by atoms with Crippen LogP contribution in [0, 0.1) is 30.1 Å². The number of aromatic nitrogens is 2. The fraction of sp³-hybridized carbons (Fsp3) is 0.810. The number of carbonyl (C=O) groups is 1. The van der Waals surface area contributed by atoms with Crippen molar-refractivity contribution in [2.24, 2.45) is 30.2 Å². The Morgan fingerprint density at radius 2 is 2.00 bits per heavy atom. The summed E-state index contributed by atoms with van der Waals surface area (Å²) in [5.41, 5.74) is 2.76. The third-order valence-corrected chi connectivity index (χ3v) is 7.89. The first kappa shape index (κ1) is 18.0. The summed E-state index contributed by atoms with van der Waals surface area (Å²) in [7, 11) is 3.92. The molecule has 1 amide bonds. The number of hydrogen-bond acceptors (Lipinski definition) is 3. The Kier molecular flexibility index (Phi) is 4.41. The second kappa shape index (κ2) is 6.36. The zero-order chi connectivity index (χ0) is 18.6. The maximum Gasteiger partial charge on any atom is 0.223 e. The van der Waals surface area contributed by atoms with Crippen LogP contribution in [-0.2, 0) is 11.8 Å². The normalized spacial score (nSPS) is 36.1. The fourth-order valence-corrected chi connectivity index (χ4v) is 6.24. The van der Waals surface area contributed by atoms with Gasteiger partial charge in [-0.05, 0) is 37.0 Å². The summed E-state index contributed by atoms with van der Waals surface area (Å²) in [4.78, 5) is 14.4. The largest absolute Gasteiger partial charge is 0.338 e. The van der Waals surface area contributed by atoms with E-state index >= 15 is 0 Å².